The van der Waals surface area contributed by atoms with E-state index in [0.29, 0.717) is 18.4 Å². The molecule has 0 bridgehead atoms. The second kappa shape index (κ2) is 5.40. The maximum atomic E-state index is 12.2. The lowest BCUT2D eigenvalue weighted by atomic mass is 9.96. The first kappa shape index (κ1) is 13.5. The Balaban J connectivity index is 2.14. The Bertz CT molecular complexity index is 467. The van der Waals surface area contributed by atoms with Crippen molar-refractivity contribution in [3.8, 4) is 0 Å². The normalized spacial score (nSPS) is 18.8. The maximum Gasteiger partial charge on any atom is 0.330 e. The van der Waals surface area contributed by atoms with Crippen molar-refractivity contribution in [1.82, 2.24) is 5.32 Å². The Morgan fingerprint density at radius 1 is 1.21 bits per heavy atom. The smallest absolute Gasteiger partial charge is 0.330 e. The molecule has 1 aliphatic rings. The van der Waals surface area contributed by atoms with E-state index in [0.717, 1.165) is 12.8 Å². The molecule has 0 unspecified atom stereocenters. The zero-order chi connectivity index (χ0) is 13.9. The van der Waals surface area contributed by atoms with Crippen LogP contribution in [0.15, 0.2) is 30.3 Å². The van der Waals surface area contributed by atoms with Crippen LogP contribution in [0, 0.1) is 0 Å². The maximum absolute atomic E-state index is 12.2. The van der Waals surface area contributed by atoms with Crippen molar-refractivity contribution in [3.63, 3.8) is 0 Å². The molecule has 1 atom stereocenters. The Hall–Kier alpha value is -1.88. The van der Waals surface area contributed by atoms with Gasteiger partial charge in [-0.25, -0.2) is 4.79 Å². The molecule has 0 heterocycles. The van der Waals surface area contributed by atoms with Gasteiger partial charge in [-0.05, 0) is 18.4 Å². The number of hydrogen-bond donors (Lipinski definition) is 3. The van der Waals surface area contributed by atoms with E-state index in [1.54, 1.807) is 30.3 Å². The van der Waals surface area contributed by atoms with Crippen molar-refractivity contribution in [2.24, 2.45) is 5.73 Å². The number of carbonyl (C=O) groups is 2. The standard InChI is InChI=1S/C14H18N2O3/c15-14(8-4-5-9-14)13(19)16-11(12(17)18)10-6-2-1-3-7-10/h1-3,6-7,11H,4-5,8-9,15H2,(H,16,19)(H,17,18)/t11-/m0/s1. The van der Waals surface area contributed by atoms with E-state index in [9.17, 15) is 14.7 Å². The zero-order valence-electron chi connectivity index (χ0n) is 10.6. The molecule has 19 heavy (non-hydrogen) atoms. The Morgan fingerprint density at radius 2 is 1.79 bits per heavy atom. The third-order valence-corrected chi connectivity index (χ3v) is 3.60. The summed E-state index contributed by atoms with van der Waals surface area (Å²) in [6, 6.07) is 7.59. The number of aliphatic carboxylic acids is 1. The Morgan fingerprint density at radius 3 is 2.32 bits per heavy atom. The molecule has 0 radical (unpaired) electrons. The molecule has 0 saturated heterocycles. The van der Waals surface area contributed by atoms with Crippen LogP contribution < -0.4 is 11.1 Å². The molecule has 102 valence electrons. The molecule has 1 saturated carbocycles. The van der Waals surface area contributed by atoms with Crippen LogP contribution in [0.4, 0.5) is 0 Å². The fraction of sp³-hybridized carbons (Fsp3) is 0.429. The summed E-state index contributed by atoms with van der Waals surface area (Å²) >= 11 is 0. The van der Waals surface area contributed by atoms with E-state index in [1.165, 1.54) is 0 Å². The van der Waals surface area contributed by atoms with Gasteiger partial charge in [-0.3, -0.25) is 4.79 Å². The molecule has 1 aromatic rings. The average Bonchev–Trinajstić information content (AvgIpc) is 2.84. The van der Waals surface area contributed by atoms with E-state index in [2.05, 4.69) is 5.32 Å². The van der Waals surface area contributed by atoms with Gasteiger partial charge in [0.1, 0.15) is 0 Å². The van der Waals surface area contributed by atoms with Crippen molar-refractivity contribution in [3.05, 3.63) is 35.9 Å². The summed E-state index contributed by atoms with van der Waals surface area (Å²) in [5, 5.41) is 11.8. The molecule has 1 fully saturated rings. The van der Waals surface area contributed by atoms with Gasteiger partial charge in [0.05, 0.1) is 5.54 Å². The van der Waals surface area contributed by atoms with Crippen LogP contribution in [0.3, 0.4) is 0 Å². The van der Waals surface area contributed by atoms with E-state index in [1.807, 2.05) is 0 Å². The van der Waals surface area contributed by atoms with E-state index < -0.39 is 17.6 Å². The molecule has 1 aromatic carbocycles. The molecule has 0 aromatic heterocycles. The van der Waals surface area contributed by atoms with Crippen molar-refractivity contribution in [1.29, 1.82) is 0 Å². The van der Waals surface area contributed by atoms with Gasteiger partial charge in [-0.1, -0.05) is 43.2 Å². The van der Waals surface area contributed by atoms with Crippen LogP contribution in [-0.2, 0) is 9.59 Å². The van der Waals surface area contributed by atoms with Gasteiger partial charge in [0.15, 0.2) is 6.04 Å². The second-order valence-corrected chi connectivity index (χ2v) is 5.02. The van der Waals surface area contributed by atoms with Crippen molar-refractivity contribution in [2.75, 3.05) is 0 Å². The third-order valence-electron chi connectivity index (χ3n) is 3.60. The lowest BCUT2D eigenvalue weighted by Crippen LogP contribution is -2.53. The largest absolute Gasteiger partial charge is 0.479 e. The number of carboxylic acid groups (broad SMARTS) is 1. The molecular formula is C14H18N2O3. The van der Waals surface area contributed by atoms with Crippen LogP contribution in [0.25, 0.3) is 0 Å². The topological polar surface area (TPSA) is 92.4 Å². The summed E-state index contributed by atoms with van der Waals surface area (Å²) in [6.07, 6.45) is 3.04. The van der Waals surface area contributed by atoms with Crippen LogP contribution in [0.2, 0.25) is 0 Å². The molecular weight excluding hydrogens is 244 g/mol. The van der Waals surface area contributed by atoms with Gasteiger partial charge in [0.2, 0.25) is 5.91 Å². The van der Waals surface area contributed by atoms with Gasteiger partial charge >= 0.3 is 5.97 Å². The summed E-state index contributed by atoms with van der Waals surface area (Å²) in [5.41, 5.74) is 5.66. The predicted octanol–water partition coefficient (Wildman–Crippen LogP) is 1.20. The lowest BCUT2D eigenvalue weighted by molar-refractivity contribution is -0.142. The number of nitrogens with one attached hydrogen (secondary N) is 1. The molecule has 1 amide bonds. The van der Waals surface area contributed by atoms with E-state index in [-0.39, 0.29) is 5.91 Å². The minimum atomic E-state index is -1.08. The Labute approximate surface area is 111 Å². The summed E-state index contributed by atoms with van der Waals surface area (Å²) in [7, 11) is 0. The SMILES string of the molecule is NC1(C(=O)N[C@H](C(=O)O)c2ccccc2)CCCC1. The molecule has 0 aliphatic heterocycles. The first-order valence-electron chi connectivity index (χ1n) is 6.40. The number of amides is 1. The number of rotatable bonds is 4. The molecule has 5 nitrogen and oxygen atoms in total. The Kier molecular flexibility index (Phi) is 3.85. The van der Waals surface area contributed by atoms with Gasteiger partial charge in [-0.2, -0.15) is 0 Å². The van der Waals surface area contributed by atoms with Gasteiger partial charge in [-0.15, -0.1) is 0 Å². The molecule has 1 aliphatic carbocycles. The quantitative estimate of drug-likeness (QED) is 0.760. The van der Waals surface area contributed by atoms with Crippen LogP contribution in [0.1, 0.15) is 37.3 Å². The van der Waals surface area contributed by atoms with E-state index in [4.69, 9.17) is 5.73 Å². The second-order valence-electron chi connectivity index (χ2n) is 5.02. The predicted molar refractivity (Wildman–Crippen MR) is 70.3 cm³/mol. The molecule has 5 heteroatoms. The summed E-state index contributed by atoms with van der Waals surface area (Å²) < 4.78 is 0. The highest BCUT2D eigenvalue weighted by Crippen LogP contribution is 2.28. The highest BCUT2D eigenvalue weighted by atomic mass is 16.4. The average molecular weight is 262 g/mol. The summed E-state index contributed by atoms with van der Waals surface area (Å²) in [5.74, 6) is -1.46. The first-order valence-corrected chi connectivity index (χ1v) is 6.40. The zero-order valence-corrected chi connectivity index (χ0v) is 10.6. The summed E-state index contributed by atoms with van der Waals surface area (Å²) in [4.78, 5) is 23.5. The van der Waals surface area contributed by atoms with E-state index >= 15 is 0 Å². The fourth-order valence-corrected chi connectivity index (χ4v) is 2.44. The lowest BCUT2D eigenvalue weighted by Gasteiger charge is -2.25. The van der Waals surface area contributed by atoms with Crippen molar-refractivity contribution >= 4 is 11.9 Å². The molecule has 4 N–H and O–H groups in total. The third kappa shape index (κ3) is 2.93. The fourth-order valence-electron chi connectivity index (χ4n) is 2.44. The number of hydrogen-bond acceptors (Lipinski definition) is 3. The minimum Gasteiger partial charge on any atom is -0.479 e. The summed E-state index contributed by atoms with van der Waals surface area (Å²) in [6.45, 7) is 0. The van der Waals surface area contributed by atoms with Crippen molar-refractivity contribution in [2.45, 2.75) is 37.3 Å². The van der Waals surface area contributed by atoms with Gasteiger partial charge < -0.3 is 16.2 Å². The van der Waals surface area contributed by atoms with Crippen LogP contribution in [-0.4, -0.2) is 22.5 Å². The first-order chi connectivity index (χ1) is 9.03. The highest BCUT2D eigenvalue weighted by molar-refractivity contribution is 5.90. The number of carboxylic acids is 1. The number of nitrogens with two attached hydrogens (primary N) is 1. The number of benzene rings is 1. The van der Waals surface area contributed by atoms with Gasteiger partial charge in [0.25, 0.3) is 0 Å². The molecule has 2 rings (SSSR count). The van der Waals surface area contributed by atoms with Crippen molar-refractivity contribution < 1.29 is 14.7 Å². The molecule has 0 spiro atoms. The van der Waals surface area contributed by atoms with Gasteiger partial charge in [0, 0.05) is 0 Å². The van der Waals surface area contributed by atoms with Crippen LogP contribution >= 0.6 is 0 Å². The minimum absolute atomic E-state index is 0.374. The number of carbonyl (C=O) groups excluding carboxylic acids is 1. The monoisotopic (exact) mass is 262 g/mol. The van der Waals surface area contributed by atoms with Crippen LogP contribution in [0.5, 0.6) is 0 Å². The highest BCUT2D eigenvalue weighted by Gasteiger charge is 2.39.